The van der Waals surface area contributed by atoms with Gasteiger partial charge in [-0.25, -0.2) is 9.97 Å². The summed E-state index contributed by atoms with van der Waals surface area (Å²) in [6.45, 7) is 9.89. The Kier molecular flexibility index (Phi) is 4.76. The number of methoxy groups -OCH3 is 1. The minimum atomic E-state index is 0.480. The molecule has 3 heteroatoms. The van der Waals surface area contributed by atoms with E-state index in [4.69, 9.17) is 4.74 Å². The van der Waals surface area contributed by atoms with Gasteiger partial charge in [0.1, 0.15) is 6.33 Å². The van der Waals surface area contributed by atoms with E-state index in [0.29, 0.717) is 28.3 Å². The van der Waals surface area contributed by atoms with Crippen molar-refractivity contribution in [3.63, 3.8) is 0 Å². The Hall–Kier alpha value is -1.22. The molecule has 3 nitrogen and oxygen atoms in total. The molecule has 0 N–H and O–H groups in total. The highest BCUT2D eigenvalue weighted by Crippen LogP contribution is 2.82. The number of hydrogen-bond donors (Lipinski definition) is 0. The van der Waals surface area contributed by atoms with Crippen LogP contribution in [-0.4, -0.2) is 23.2 Å². The molecule has 0 saturated heterocycles. The van der Waals surface area contributed by atoms with Crippen LogP contribution in [0, 0.1) is 58.7 Å². The van der Waals surface area contributed by atoms with E-state index in [2.05, 4.69) is 49.8 Å². The summed E-state index contributed by atoms with van der Waals surface area (Å²) < 4.78 is 6.30. The number of rotatable bonds is 4. The van der Waals surface area contributed by atoms with Gasteiger partial charge in [0, 0.05) is 30.0 Å². The molecule has 5 saturated carbocycles. The fourth-order valence-electron chi connectivity index (χ4n) is 10.4. The van der Waals surface area contributed by atoms with Crippen LogP contribution in [0.2, 0.25) is 0 Å². The standard InChI is InChI=1S/C29H42N2O/c1-18(6-7-20-16-30-17-31-19(20)2)23-8-9-24-22-14-26(32-5)29-15-21(29)10-13-28(29,4)25(22)11-12-27(23,24)3/h6-7,16-18,21-26H,8-15H2,1-5H3/b7-6+/t18-,21-,22+,23-,24+,25+,26-,27-,28-,29?/m1/s1. The van der Waals surface area contributed by atoms with E-state index in [9.17, 15) is 0 Å². The second-order valence-electron chi connectivity index (χ2n) is 12.7. The number of aromatic nitrogens is 2. The highest BCUT2D eigenvalue weighted by atomic mass is 16.5. The molecule has 32 heavy (non-hydrogen) atoms. The number of nitrogens with zero attached hydrogens (tertiary/aromatic N) is 2. The Labute approximate surface area is 194 Å². The van der Waals surface area contributed by atoms with Crippen molar-refractivity contribution in [1.82, 2.24) is 9.97 Å². The molecule has 1 spiro atoms. The number of aryl methyl sites for hydroxylation is 1. The normalized spacial score (nSPS) is 49.9. The maximum absolute atomic E-state index is 6.30. The van der Waals surface area contributed by atoms with Crippen LogP contribution in [0.15, 0.2) is 18.6 Å². The van der Waals surface area contributed by atoms with Gasteiger partial charge in [0.15, 0.2) is 0 Å². The fraction of sp³-hybridized carbons (Fsp3) is 0.793. The topological polar surface area (TPSA) is 35.0 Å². The van der Waals surface area contributed by atoms with E-state index in [-0.39, 0.29) is 0 Å². The third-order valence-corrected chi connectivity index (χ3v) is 12.1. The highest BCUT2D eigenvalue weighted by molar-refractivity contribution is 5.50. The lowest BCUT2D eigenvalue weighted by Crippen LogP contribution is -2.57. The van der Waals surface area contributed by atoms with Gasteiger partial charge in [-0.05, 0) is 105 Å². The van der Waals surface area contributed by atoms with Crippen LogP contribution in [0.1, 0.15) is 83.4 Å². The van der Waals surface area contributed by atoms with Gasteiger partial charge in [-0.15, -0.1) is 0 Å². The van der Waals surface area contributed by atoms with Gasteiger partial charge < -0.3 is 4.74 Å². The number of allylic oxidation sites excluding steroid dienone is 1. The lowest BCUT2D eigenvalue weighted by atomic mass is 9.45. The van der Waals surface area contributed by atoms with Crippen LogP contribution in [-0.2, 0) is 4.74 Å². The molecule has 1 heterocycles. The molecule has 5 aliphatic rings. The van der Waals surface area contributed by atoms with Gasteiger partial charge in [0.05, 0.1) is 6.10 Å². The summed E-state index contributed by atoms with van der Waals surface area (Å²) in [5, 5.41) is 0. The molecule has 0 amide bonds. The van der Waals surface area contributed by atoms with E-state index in [1.165, 1.54) is 51.4 Å². The van der Waals surface area contributed by atoms with E-state index in [1.807, 2.05) is 13.3 Å². The molecule has 1 unspecified atom stereocenters. The molecule has 1 aromatic heterocycles. The molecule has 10 atom stereocenters. The molecule has 0 aromatic carbocycles. The van der Waals surface area contributed by atoms with Crippen LogP contribution in [0.4, 0.5) is 0 Å². The van der Waals surface area contributed by atoms with Crippen molar-refractivity contribution in [1.29, 1.82) is 0 Å². The first kappa shape index (κ1) is 21.3. The van der Waals surface area contributed by atoms with Crippen LogP contribution < -0.4 is 0 Å². The maximum atomic E-state index is 6.30. The summed E-state index contributed by atoms with van der Waals surface area (Å²) in [5.74, 6) is 5.06. The van der Waals surface area contributed by atoms with Gasteiger partial charge in [-0.2, -0.15) is 0 Å². The largest absolute Gasteiger partial charge is 0.381 e. The molecular weight excluding hydrogens is 392 g/mol. The number of hydrogen-bond acceptors (Lipinski definition) is 3. The second-order valence-corrected chi connectivity index (χ2v) is 12.7. The molecule has 0 bridgehead atoms. The van der Waals surface area contributed by atoms with Gasteiger partial charge in [0.2, 0.25) is 0 Å². The quantitative estimate of drug-likeness (QED) is 0.528. The molecule has 6 rings (SSSR count). The van der Waals surface area contributed by atoms with Gasteiger partial charge in [-0.3, -0.25) is 0 Å². The molecule has 0 radical (unpaired) electrons. The third kappa shape index (κ3) is 2.64. The summed E-state index contributed by atoms with van der Waals surface area (Å²) in [5.41, 5.74) is 3.80. The van der Waals surface area contributed by atoms with E-state index < -0.39 is 0 Å². The van der Waals surface area contributed by atoms with Crippen LogP contribution in [0.5, 0.6) is 0 Å². The van der Waals surface area contributed by atoms with Crippen molar-refractivity contribution >= 4 is 6.08 Å². The van der Waals surface area contributed by atoms with Gasteiger partial charge >= 0.3 is 0 Å². The Bertz CT molecular complexity index is 927. The zero-order chi connectivity index (χ0) is 22.3. The first-order chi connectivity index (χ1) is 15.3. The first-order valence-electron chi connectivity index (χ1n) is 13.3. The zero-order valence-corrected chi connectivity index (χ0v) is 20.8. The van der Waals surface area contributed by atoms with E-state index in [1.54, 1.807) is 6.33 Å². The van der Waals surface area contributed by atoms with Gasteiger partial charge in [0.25, 0.3) is 0 Å². The number of fused-ring (bicyclic) bond motifs is 4. The maximum Gasteiger partial charge on any atom is 0.115 e. The summed E-state index contributed by atoms with van der Waals surface area (Å²) in [6, 6.07) is 0. The Morgan fingerprint density at radius 3 is 2.72 bits per heavy atom. The smallest absolute Gasteiger partial charge is 0.115 e. The molecule has 174 valence electrons. The van der Waals surface area contributed by atoms with Crippen molar-refractivity contribution in [3.8, 4) is 0 Å². The molecule has 0 aliphatic heterocycles. The predicted molar refractivity (Wildman–Crippen MR) is 129 cm³/mol. The van der Waals surface area contributed by atoms with Crippen molar-refractivity contribution in [2.24, 2.45) is 51.8 Å². The summed E-state index contributed by atoms with van der Waals surface area (Å²) in [7, 11) is 2.01. The Morgan fingerprint density at radius 1 is 1.12 bits per heavy atom. The van der Waals surface area contributed by atoms with Crippen molar-refractivity contribution in [3.05, 3.63) is 29.9 Å². The Morgan fingerprint density at radius 2 is 1.97 bits per heavy atom. The molecule has 5 fully saturated rings. The number of ether oxygens (including phenoxy) is 1. The first-order valence-corrected chi connectivity index (χ1v) is 13.3. The molecule has 5 aliphatic carbocycles. The van der Waals surface area contributed by atoms with Gasteiger partial charge in [-0.1, -0.05) is 32.9 Å². The average Bonchev–Trinajstić information content (AvgIpc) is 3.29. The van der Waals surface area contributed by atoms with Crippen LogP contribution >= 0.6 is 0 Å². The third-order valence-electron chi connectivity index (χ3n) is 12.1. The summed E-state index contributed by atoms with van der Waals surface area (Å²) >= 11 is 0. The SMILES string of the molecule is CO[C@@H]1C[C@H]2[C@@H]3CC[C@H]([C@H](C)/C=C/c4cncnc4C)[C@@]3(C)CC[C@@H]2[C@@]2(C)CC[C@@H]3CC312. The zero-order valence-electron chi connectivity index (χ0n) is 20.8. The van der Waals surface area contributed by atoms with Crippen LogP contribution in [0.3, 0.4) is 0 Å². The summed E-state index contributed by atoms with van der Waals surface area (Å²) in [6.07, 6.45) is 20.3. The van der Waals surface area contributed by atoms with Crippen molar-refractivity contribution in [2.45, 2.75) is 85.2 Å². The van der Waals surface area contributed by atoms with Crippen molar-refractivity contribution in [2.75, 3.05) is 7.11 Å². The summed E-state index contributed by atoms with van der Waals surface area (Å²) in [4.78, 5) is 8.59. The Balaban J connectivity index is 1.25. The fourth-order valence-corrected chi connectivity index (χ4v) is 10.4. The van der Waals surface area contributed by atoms with Crippen molar-refractivity contribution < 1.29 is 4.74 Å². The minimum Gasteiger partial charge on any atom is -0.381 e. The lowest BCUT2D eigenvalue weighted by molar-refractivity contribution is -0.160. The average molecular weight is 435 g/mol. The molecule has 1 aromatic rings. The minimum absolute atomic E-state index is 0.480. The monoisotopic (exact) mass is 434 g/mol. The predicted octanol–water partition coefficient (Wildman–Crippen LogP) is 6.72. The molecular formula is C29H42N2O. The second kappa shape index (κ2) is 7.14. The van der Waals surface area contributed by atoms with E-state index >= 15 is 0 Å². The lowest BCUT2D eigenvalue weighted by Gasteiger charge is -2.61. The highest BCUT2D eigenvalue weighted by Gasteiger charge is 2.77. The van der Waals surface area contributed by atoms with E-state index in [0.717, 1.165) is 40.8 Å². The van der Waals surface area contributed by atoms with Crippen LogP contribution in [0.25, 0.3) is 6.08 Å².